The number of rotatable bonds is 6. The molecule has 0 amide bonds. The topological polar surface area (TPSA) is 18.5 Å². The molecular weight excluding hydrogens is 248 g/mol. The minimum absolute atomic E-state index is 0.180. The zero-order valence-corrected chi connectivity index (χ0v) is 11.5. The zero-order valence-electron chi connectivity index (χ0n) is 10.7. The molecule has 1 aliphatic heterocycles. The molecule has 100 valence electrons. The van der Waals surface area contributed by atoms with E-state index in [1.54, 1.807) is 0 Å². The van der Waals surface area contributed by atoms with Gasteiger partial charge in [-0.05, 0) is 37.8 Å². The van der Waals surface area contributed by atoms with E-state index >= 15 is 0 Å². The molecule has 0 saturated carbocycles. The summed E-state index contributed by atoms with van der Waals surface area (Å²) in [4.78, 5) is 0. The Morgan fingerprint density at radius 1 is 1.28 bits per heavy atom. The summed E-state index contributed by atoms with van der Waals surface area (Å²) in [7, 11) is 0. The van der Waals surface area contributed by atoms with Crippen LogP contribution in [0.5, 0.6) is 5.75 Å². The average Bonchev–Trinajstić information content (AvgIpc) is 2.46. The molecule has 0 radical (unpaired) electrons. The molecule has 2 nitrogen and oxygen atoms in total. The van der Waals surface area contributed by atoms with Gasteiger partial charge in [-0.1, -0.05) is 18.2 Å². The summed E-state index contributed by atoms with van der Waals surface area (Å²) < 4.78 is 11.3. The molecule has 1 saturated heterocycles. The van der Waals surface area contributed by atoms with Crippen LogP contribution in [0.25, 0.3) is 0 Å². The molecule has 0 aromatic heterocycles. The van der Waals surface area contributed by atoms with Crippen molar-refractivity contribution in [2.75, 3.05) is 25.7 Å². The van der Waals surface area contributed by atoms with Crippen LogP contribution in [-0.4, -0.2) is 25.7 Å². The maximum atomic E-state index is 6.11. The van der Waals surface area contributed by atoms with E-state index in [2.05, 4.69) is 0 Å². The highest BCUT2D eigenvalue weighted by Crippen LogP contribution is 2.34. The molecule has 1 fully saturated rings. The van der Waals surface area contributed by atoms with Crippen LogP contribution < -0.4 is 4.74 Å². The summed E-state index contributed by atoms with van der Waals surface area (Å²) >= 11 is 6.11. The SMILES string of the molecule is ClCC1(CCCOc2ccccc2)CCCOC1. The van der Waals surface area contributed by atoms with Crippen LogP contribution >= 0.6 is 11.6 Å². The van der Waals surface area contributed by atoms with Gasteiger partial charge in [-0.25, -0.2) is 0 Å². The van der Waals surface area contributed by atoms with Gasteiger partial charge in [0, 0.05) is 17.9 Å². The summed E-state index contributed by atoms with van der Waals surface area (Å²) in [6, 6.07) is 9.95. The van der Waals surface area contributed by atoms with Crippen molar-refractivity contribution in [3.63, 3.8) is 0 Å². The minimum atomic E-state index is 0.180. The Morgan fingerprint density at radius 2 is 2.11 bits per heavy atom. The molecule has 0 bridgehead atoms. The Balaban J connectivity index is 1.71. The molecule has 18 heavy (non-hydrogen) atoms. The molecule has 0 N–H and O–H groups in total. The Labute approximate surface area is 114 Å². The highest BCUT2D eigenvalue weighted by molar-refractivity contribution is 6.18. The highest BCUT2D eigenvalue weighted by Gasteiger charge is 2.31. The van der Waals surface area contributed by atoms with Gasteiger partial charge in [0.25, 0.3) is 0 Å². The Kier molecular flexibility index (Phi) is 5.33. The monoisotopic (exact) mass is 268 g/mol. The maximum absolute atomic E-state index is 6.11. The number of alkyl halides is 1. The van der Waals surface area contributed by atoms with E-state index in [-0.39, 0.29) is 5.41 Å². The number of hydrogen-bond acceptors (Lipinski definition) is 2. The fraction of sp³-hybridized carbons (Fsp3) is 0.600. The normalized spacial score (nSPS) is 23.8. The molecule has 1 aliphatic rings. The van der Waals surface area contributed by atoms with E-state index in [1.807, 2.05) is 30.3 Å². The van der Waals surface area contributed by atoms with Gasteiger partial charge in [-0.15, -0.1) is 11.6 Å². The van der Waals surface area contributed by atoms with Crippen LogP contribution in [0.2, 0.25) is 0 Å². The summed E-state index contributed by atoms with van der Waals surface area (Å²) in [6.45, 7) is 2.45. The number of para-hydroxylation sites is 1. The van der Waals surface area contributed by atoms with Crippen LogP contribution in [0.1, 0.15) is 25.7 Å². The zero-order chi connectivity index (χ0) is 12.7. The summed E-state index contributed by atoms with van der Waals surface area (Å²) in [5, 5.41) is 0. The van der Waals surface area contributed by atoms with Gasteiger partial charge in [0.1, 0.15) is 5.75 Å². The van der Waals surface area contributed by atoms with Crippen molar-refractivity contribution in [3.05, 3.63) is 30.3 Å². The van der Waals surface area contributed by atoms with Crippen molar-refractivity contribution >= 4 is 11.6 Å². The molecule has 1 unspecified atom stereocenters. The molecule has 0 spiro atoms. The number of halogens is 1. The number of hydrogen-bond donors (Lipinski definition) is 0. The van der Waals surface area contributed by atoms with Crippen molar-refractivity contribution in [2.24, 2.45) is 5.41 Å². The maximum Gasteiger partial charge on any atom is 0.119 e. The third kappa shape index (κ3) is 3.89. The van der Waals surface area contributed by atoms with Crippen molar-refractivity contribution in [2.45, 2.75) is 25.7 Å². The van der Waals surface area contributed by atoms with Crippen LogP contribution in [0.15, 0.2) is 30.3 Å². The van der Waals surface area contributed by atoms with Crippen molar-refractivity contribution in [1.82, 2.24) is 0 Å². The lowest BCUT2D eigenvalue weighted by Crippen LogP contribution is -2.33. The smallest absolute Gasteiger partial charge is 0.119 e. The van der Waals surface area contributed by atoms with Crippen LogP contribution in [0.4, 0.5) is 0 Å². The van der Waals surface area contributed by atoms with Crippen molar-refractivity contribution < 1.29 is 9.47 Å². The number of ether oxygens (including phenoxy) is 2. The van der Waals surface area contributed by atoms with E-state index in [0.29, 0.717) is 5.88 Å². The van der Waals surface area contributed by atoms with E-state index in [4.69, 9.17) is 21.1 Å². The standard InChI is InChI=1S/C15H21ClO2/c16-12-15(8-4-10-17-13-15)9-5-11-18-14-6-2-1-3-7-14/h1-3,6-7H,4-5,8-13H2. The minimum Gasteiger partial charge on any atom is -0.494 e. The quantitative estimate of drug-likeness (QED) is 0.576. The largest absolute Gasteiger partial charge is 0.494 e. The Bertz CT molecular complexity index is 334. The predicted molar refractivity (Wildman–Crippen MR) is 74.4 cm³/mol. The molecule has 1 aromatic rings. The summed E-state index contributed by atoms with van der Waals surface area (Å²) in [5.41, 5.74) is 0.180. The molecule has 1 atom stereocenters. The van der Waals surface area contributed by atoms with Crippen LogP contribution in [0.3, 0.4) is 0 Å². The lowest BCUT2D eigenvalue weighted by Gasteiger charge is -2.35. The molecule has 0 aliphatic carbocycles. The Hall–Kier alpha value is -0.730. The predicted octanol–water partition coefficient (Wildman–Crippen LogP) is 3.88. The van der Waals surface area contributed by atoms with E-state index in [0.717, 1.165) is 44.8 Å². The van der Waals surface area contributed by atoms with Gasteiger partial charge in [-0.2, -0.15) is 0 Å². The summed E-state index contributed by atoms with van der Waals surface area (Å²) in [6.07, 6.45) is 4.43. The molecule has 1 heterocycles. The van der Waals surface area contributed by atoms with Crippen LogP contribution in [-0.2, 0) is 4.74 Å². The summed E-state index contributed by atoms with van der Waals surface area (Å²) in [5.74, 6) is 1.63. The fourth-order valence-corrected chi connectivity index (χ4v) is 2.78. The number of benzene rings is 1. The molecule has 2 rings (SSSR count). The average molecular weight is 269 g/mol. The van der Waals surface area contributed by atoms with Gasteiger partial charge < -0.3 is 9.47 Å². The lowest BCUT2D eigenvalue weighted by molar-refractivity contribution is -0.00242. The van der Waals surface area contributed by atoms with Crippen molar-refractivity contribution in [1.29, 1.82) is 0 Å². The van der Waals surface area contributed by atoms with E-state index in [1.165, 1.54) is 6.42 Å². The molecule has 3 heteroatoms. The third-order valence-electron chi connectivity index (χ3n) is 3.55. The first kappa shape index (κ1) is 13.7. The first-order chi connectivity index (χ1) is 8.85. The first-order valence-corrected chi connectivity index (χ1v) is 7.20. The molecule has 1 aromatic carbocycles. The van der Waals surface area contributed by atoms with Gasteiger partial charge in [0.05, 0.1) is 13.2 Å². The third-order valence-corrected chi connectivity index (χ3v) is 4.12. The van der Waals surface area contributed by atoms with E-state index in [9.17, 15) is 0 Å². The second-order valence-electron chi connectivity index (χ2n) is 5.05. The first-order valence-electron chi connectivity index (χ1n) is 6.66. The second-order valence-corrected chi connectivity index (χ2v) is 5.32. The van der Waals surface area contributed by atoms with Gasteiger partial charge >= 0.3 is 0 Å². The van der Waals surface area contributed by atoms with E-state index < -0.39 is 0 Å². The van der Waals surface area contributed by atoms with Gasteiger partial charge in [0.15, 0.2) is 0 Å². The second kappa shape index (κ2) is 7.01. The lowest BCUT2D eigenvalue weighted by atomic mass is 9.80. The van der Waals surface area contributed by atoms with Gasteiger partial charge in [0.2, 0.25) is 0 Å². The van der Waals surface area contributed by atoms with Crippen molar-refractivity contribution in [3.8, 4) is 5.75 Å². The van der Waals surface area contributed by atoms with Gasteiger partial charge in [-0.3, -0.25) is 0 Å². The van der Waals surface area contributed by atoms with Crippen LogP contribution in [0, 0.1) is 5.41 Å². The highest BCUT2D eigenvalue weighted by atomic mass is 35.5. The fourth-order valence-electron chi connectivity index (χ4n) is 2.43. The Morgan fingerprint density at radius 3 is 2.78 bits per heavy atom. The molecular formula is C15H21ClO2.